The second-order valence-corrected chi connectivity index (χ2v) is 9.27. The van der Waals surface area contributed by atoms with Crippen molar-refractivity contribution < 1.29 is 17.9 Å². The summed E-state index contributed by atoms with van der Waals surface area (Å²) in [5, 5.41) is 2.91. The molecule has 0 unspecified atom stereocenters. The molecule has 29 heavy (non-hydrogen) atoms. The van der Waals surface area contributed by atoms with Crippen molar-refractivity contribution >= 4 is 15.9 Å². The van der Waals surface area contributed by atoms with E-state index in [0.29, 0.717) is 38.4 Å². The third-order valence-corrected chi connectivity index (χ3v) is 7.04. The van der Waals surface area contributed by atoms with Gasteiger partial charge in [0.1, 0.15) is 0 Å². The molecule has 1 N–H and O–H groups in total. The Kier molecular flexibility index (Phi) is 7.05. The summed E-state index contributed by atoms with van der Waals surface area (Å²) < 4.78 is 31.9. The zero-order chi connectivity index (χ0) is 20.9. The molecular weight excluding hydrogens is 388 g/mol. The molecule has 1 amide bonds. The molecule has 7 heteroatoms. The first kappa shape index (κ1) is 21.5. The van der Waals surface area contributed by atoms with Gasteiger partial charge in [-0.15, -0.1) is 0 Å². The number of benzene rings is 2. The first-order chi connectivity index (χ1) is 13.9. The highest BCUT2D eigenvalue weighted by atomic mass is 32.2. The number of rotatable bonds is 7. The van der Waals surface area contributed by atoms with Gasteiger partial charge < -0.3 is 10.1 Å². The summed E-state index contributed by atoms with van der Waals surface area (Å²) in [4.78, 5) is 12.5. The summed E-state index contributed by atoms with van der Waals surface area (Å²) >= 11 is 0. The lowest BCUT2D eigenvalue weighted by Gasteiger charge is -2.26. The van der Waals surface area contributed by atoms with Crippen molar-refractivity contribution in [3.05, 3.63) is 64.7 Å². The van der Waals surface area contributed by atoms with Crippen LogP contribution in [0.4, 0.5) is 0 Å². The predicted molar refractivity (Wildman–Crippen MR) is 113 cm³/mol. The summed E-state index contributed by atoms with van der Waals surface area (Å²) in [5.41, 5.74) is 4.27. The van der Waals surface area contributed by atoms with Crippen LogP contribution in [0.3, 0.4) is 0 Å². The molecule has 0 aromatic heterocycles. The fourth-order valence-electron chi connectivity index (χ4n) is 3.42. The van der Waals surface area contributed by atoms with Gasteiger partial charge in [0.25, 0.3) is 5.91 Å². The van der Waals surface area contributed by atoms with Gasteiger partial charge in [-0.3, -0.25) is 4.79 Å². The molecule has 0 atom stereocenters. The number of morpholine rings is 1. The summed E-state index contributed by atoms with van der Waals surface area (Å²) in [7, 11) is -3.54. The number of carbonyl (C=O) groups is 1. The van der Waals surface area contributed by atoms with E-state index in [-0.39, 0.29) is 10.8 Å². The standard InChI is InChI=1S/C22H28N2O4S/c1-17-5-6-19(18(2)16-17)4-3-11-23-22(25)20-7-9-21(10-8-20)29(26,27)24-12-14-28-15-13-24/h5-10,16H,3-4,11-15H2,1-2H3,(H,23,25). The fraction of sp³-hybridized carbons (Fsp3) is 0.409. The van der Waals surface area contributed by atoms with Crippen LogP contribution in [-0.4, -0.2) is 51.5 Å². The largest absolute Gasteiger partial charge is 0.379 e. The summed E-state index contributed by atoms with van der Waals surface area (Å²) in [5.74, 6) is -0.194. The number of sulfonamides is 1. The highest BCUT2D eigenvalue weighted by molar-refractivity contribution is 7.89. The molecule has 0 bridgehead atoms. The first-order valence-electron chi connectivity index (χ1n) is 9.90. The van der Waals surface area contributed by atoms with Gasteiger partial charge in [-0.25, -0.2) is 8.42 Å². The van der Waals surface area contributed by atoms with Crippen LogP contribution in [0.2, 0.25) is 0 Å². The molecule has 1 aliphatic rings. The number of carbonyl (C=O) groups excluding carboxylic acids is 1. The number of ether oxygens (including phenoxy) is 1. The van der Waals surface area contributed by atoms with E-state index < -0.39 is 10.0 Å². The summed E-state index contributed by atoms with van der Waals surface area (Å²) in [6, 6.07) is 12.5. The van der Waals surface area contributed by atoms with E-state index >= 15 is 0 Å². The molecule has 2 aromatic rings. The van der Waals surface area contributed by atoms with Crippen molar-refractivity contribution in [2.45, 2.75) is 31.6 Å². The molecule has 1 fully saturated rings. The molecule has 0 spiro atoms. The maximum atomic E-state index is 12.6. The Morgan fingerprint density at radius 1 is 1.07 bits per heavy atom. The summed E-state index contributed by atoms with van der Waals surface area (Å²) in [6.07, 6.45) is 1.75. The highest BCUT2D eigenvalue weighted by Gasteiger charge is 2.26. The molecule has 1 aliphatic heterocycles. The SMILES string of the molecule is Cc1ccc(CCCNC(=O)c2ccc(S(=O)(=O)N3CCOCC3)cc2)c(C)c1. The van der Waals surface area contributed by atoms with Crippen LogP contribution < -0.4 is 5.32 Å². The first-order valence-corrected chi connectivity index (χ1v) is 11.3. The van der Waals surface area contributed by atoms with E-state index in [1.807, 2.05) is 0 Å². The number of amides is 1. The van der Waals surface area contributed by atoms with Gasteiger partial charge in [0.2, 0.25) is 10.0 Å². The number of hydrogen-bond acceptors (Lipinski definition) is 4. The van der Waals surface area contributed by atoms with Crippen LogP contribution >= 0.6 is 0 Å². The molecule has 2 aromatic carbocycles. The maximum Gasteiger partial charge on any atom is 0.251 e. The molecule has 1 heterocycles. The minimum atomic E-state index is -3.54. The Balaban J connectivity index is 1.52. The Morgan fingerprint density at radius 3 is 2.41 bits per heavy atom. The number of nitrogens with one attached hydrogen (secondary N) is 1. The van der Waals surface area contributed by atoms with Crippen molar-refractivity contribution in [1.82, 2.24) is 9.62 Å². The van der Waals surface area contributed by atoms with Gasteiger partial charge in [0.15, 0.2) is 0 Å². The Labute approximate surface area is 172 Å². The minimum Gasteiger partial charge on any atom is -0.379 e. The van der Waals surface area contributed by atoms with Crippen molar-refractivity contribution in [1.29, 1.82) is 0 Å². The van der Waals surface area contributed by atoms with E-state index in [0.717, 1.165) is 12.8 Å². The van der Waals surface area contributed by atoms with Gasteiger partial charge in [-0.2, -0.15) is 4.31 Å². The molecule has 0 radical (unpaired) electrons. The van der Waals surface area contributed by atoms with Gasteiger partial charge in [-0.1, -0.05) is 23.8 Å². The summed E-state index contributed by atoms with van der Waals surface area (Å²) in [6.45, 7) is 6.27. The lowest BCUT2D eigenvalue weighted by Crippen LogP contribution is -2.40. The zero-order valence-electron chi connectivity index (χ0n) is 17.0. The van der Waals surface area contributed by atoms with Crippen LogP contribution in [0, 0.1) is 13.8 Å². The van der Waals surface area contributed by atoms with Crippen molar-refractivity contribution in [3.8, 4) is 0 Å². The molecule has 156 valence electrons. The number of hydrogen-bond donors (Lipinski definition) is 1. The highest BCUT2D eigenvalue weighted by Crippen LogP contribution is 2.18. The molecule has 3 rings (SSSR count). The number of aryl methyl sites for hydroxylation is 3. The van der Waals surface area contributed by atoms with Crippen LogP contribution in [0.15, 0.2) is 47.4 Å². The quantitative estimate of drug-likeness (QED) is 0.704. The molecule has 6 nitrogen and oxygen atoms in total. The van der Waals surface area contributed by atoms with Crippen molar-refractivity contribution in [2.75, 3.05) is 32.8 Å². The van der Waals surface area contributed by atoms with Gasteiger partial charge in [0, 0.05) is 25.2 Å². The Bertz CT molecular complexity index is 949. The lowest BCUT2D eigenvalue weighted by atomic mass is 10.0. The van der Waals surface area contributed by atoms with E-state index in [4.69, 9.17) is 4.74 Å². The minimum absolute atomic E-state index is 0.194. The lowest BCUT2D eigenvalue weighted by molar-refractivity contribution is 0.0730. The Hall–Kier alpha value is -2.22. The second-order valence-electron chi connectivity index (χ2n) is 7.33. The second kappa shape index (κ2) is 9.52. The molecule has 0 saturated carbocycles. The average molecular weight is 417 g/mol. The molecular formula is C22H28N2O4S. The van der Waals surface area contributed by atoms with Crippen LogP contribution in [0.5, 0.6) is 0 Å². The smallest absolute Gasteiger partial charge is 0.251 e. The van der Waals surface area contributed by atoms with E-state index in [2.05, 4.69) is 37.4 Å². The van der Waals surface area contributed by atoms with Gasteiger partial charge >= 0.3 is 0 Å². The average Bonchev–Trinajstić information content (AvgIpc) is 2.73. The van der Waals surface area contributed by atoms with Crippen molar-refractivity contribution in [2.24, 2.45) is 0 Å². The molecule has 0 aliphatic carbocycles. The molecule has 1 saturated heterocycles. The van der Waals surface area contributed by atoms with E-state index in [9.17, 15) is 13.2 Å². The maximum absolute atomic E-state index is 12.6. The Morgan fingerprint density at radius 2 is 1.76 bits per heavy atom. The predicted octanol–water partition coefficient (Wildman–Crippen LogP) is 2.69. The van der Waals surface area contributed by atoms with Crippen molar-refractivity contribution in [3.63, 3.8) is 0 Å². The third kappa shape index (κ3) is 5.44. The number of nitrogens with zero attached hydrogens (tertiary/aromatic N) is 1. The van der Waals surface area contributed by atoms with E-state index in [1.54, 1.807) is 12.1 Å². The zero-order valence-corrected chi connectivity index (χ0v) is 17.8. The van der Waals surface area contributed by atoms with Gasteiger partial charge in [-0.05, 0) is 62.1 Å². The fourth-order valence-corrected chi connectivity index (χ4v) is 4.83. The van der Waals surface area contributed by atoms with Crippen LogP contribution in [0.1, 0.15) is 33.5 Å². The van der Waals surface area contributed by atoms with Crippen LogP contribution in [-0.2, 0) is 21.2 Å². The topological polar surface area (TPSA) is 75.7 Å². The monoisotopic (exact) mass is 416 g/mol. The van der Waals surface area contributed by atoms with Gasteiger partial charge in [0.05, 0.1) is 18.1 Å². The van der Waals surface area contributed by atoms with E-state index in [1.165, 1.54) is 33.1 Å². The van der Waals surface area contributed by atoms with Crippen LogP contribution in [0.25, 0.3) is 0 Å². The third-order valence-electron chi connectivity index (χ3n) is 5.13. The normalized spacial score (nSPS) is 15.2.